The molecule has 0 amide bonds. The van der Waals surface area contributed by atoms with E-state index in [4.69, 9.17) is 5.73 Å². The molecule has 6 heteroatoms. The maximum atomic E-state index is 11.5. The van der Waals surface area contributed by atoms with Gasteiger partial charge in [0.25, 0.3) is 0 Å². The molecule has 2 atom stereocenters. The maximum absolute atomic E-state index is 11.5. The van der Waals surface area contributed by atoms with Gasteiger partial charge >= 0.3 is 5.97 Å². The van der Waals surface area contributed by atoms with E-state index in [1.807, 2.05) is 0 Å². The van der Waals surface area contributed by atoms with Gasteiger partial charge in [0.05, 0.1) is 19.5 Å². The highest BCUT2D eigenvalue weighted by molar-refractivity contribution is 5.87. The van der Waals surface area contributed by atoms with Gasteiger partial charge in [0, 0.05) is 19.1 Å². The van der Waals surface area contributed by atoms with Crippen LogP contribution in [0.3, 0.4) is 0 Å². The Labute approximate surface area is 113 Å². The van der Waals surface area contributed by atoms with E-state index in [0.717, 1.165) is 25.9 Å². The Kier molecular flexibility index (Phi) is 4.31. The third-order valence-electron chi connectivity index (χ3n) is 3.66. The molecule has 0 saturated carbocycles. The molecule has 1 aromatic heterocycles. The molecule has 0 aromatic carbocycles. The van der Waals surface area contributed by atoms with Crippen LogP contribution in [0.4, 0.5) is 5.82 Å². The minimum absolute atomic E-state index is 0.239. The largest absolute Gasteiger partial charge is 0.464 e. The zero-order valence-electron chi connectivity index (χ0n) is 11.4. The summed E-state index contributed by atoms with van der Waals surface area (Å²) in [4.78, 5) is 22.0. The number of aromatic nitrogens is 2. The molecular weight excluding hydrogens is 244 g/mol. The van der Waals surface area contributed by atoms with Crippen molar-refractivity contribution in [2.24, 2.45) is 11.7 Å². The SMILES string of the molecule is CCC1CN(c2cncc(C(=O)OC)n2)CCC1N. The van der Waals surface area contributed by atoms with Crippen LogP contribution in [-0.2, 0) is 4.74 Å². The van der Waals surface area contributed by atoms with Gasteiger partial charge in [-0.3, -0.25) is 4.98 Å². The Morgan fingerprint density at radius 3 is 3.05 bits per heavy atom. The number of anilines is 1. The molecule has 1 aliphatic heterocycles. The lowest BCUT2D eigenvalue weighted by Gasteiger charge is -2.37. The quantitative estimate of drug-likeness (QED) is 0.814. The number of hydrogen-bond donors (Lipinski definition) is 1. The standard InChI is InChI=1S/C13H20N4O2/c1-3-9-8-17(5-4-10(9)14)12-7-15-6-11(16-12)13(18)19-2/h6-7,9-10H,3-5,8,14H2,1-2H3. The fourth-order valence-electron chi connectivity index (χ4n) is 2.40. The lowest BCUT2D eigenvalue weighted by atomic mass is 9.91. The molecule has 0 spiro atoms. The number of methoxy groups -OCH3 is 1. The molecule has 0 aliphatic carbocycles. The van der Waals surface area contributed by atoms with Gasteiger partial charge in [-0.2, -0.15) is 0 Å². The molecule has 2 rings (SSSR count). The van der Waals surface area contributed by atoms with Gasteiger partial charge < -0.3 is 15.4 Å². The molecule has 1 aliphatic rings. The summed E-state index contributed by atoms with van der Waals surface area (Å²) in [6.45, 7) is 3.85. The van der Waals surface area contributed by atoms with E-state index in [9.17, 15) is 4.79 Å². The van der Waals surface area contributed by atoms with Crippen molar-refractivity contribution in [1.29, 1.82) is 0 Å². The second-order valence-corrected chi connectivity index (χ2v) is 4.82. The van der Waals surface area contributed by atoms with E-state index in [1.165, 1.54) is 13.3 Å². The van der Waals surface area contributed by atoms with Crippen LogP contribution in [-0.4, -0.2) is 42.2 Å². The van der Waals surface area contributed by atoms with Crippen LogP contribution in [0.1, 0.15) is 30.3 Å². The molecule has 1 aromatic rings. The first-order valence-corrected chi connectivity index (χ1v) is 6.56. The number of hydrogen-bond acceptors (Lipinski definition) is 6. The molecule has 2 unspecified atom stereocenters. The van der Waals surface area contributed by atoms with Gasteiger partial charge in [-0.25, -0.2) is 9.78 Å². The number of nitrogens with two attached hydrogens (primary N) is 1. The minimum atomic E-state index is -0.463. The highest BCUT2D eigenvalue weighted by Crippen LogP contribution is 2.22. The van der Waals surface area contributed by atoms with Crippen molar-refractivity contribution in [1.82, 2.24) is 9.97 Å². The van der Waals surface area contributed by atoms with Crippen molar-refractivity contribution in [2.45, 2.75) is 25.8 Å². The number of ether oxygens (including phenoxy) is 1. The summed E-state index contributed by atoms with van der Waals surface area (Å²) < 4.78 is 4.66. The minimum Gasteiger partial charge on any atom is -0.464 e. The normalized spacial score (nSPS) is 23.2. The van der Waals surface area contributed by atoms with E-state index in [-0.39, 0.29) is 11.7 Å². The van der Waals surface area contributed by atoms with Crippen molar-refractivity contribution in [2.75, 3.05) is 25.1 Å². The number of carbonyl (C=O) groups excluding carboxylic acids is 1. The summed E-state index contributed by atoms with van der Waals surface area (Å²) in [6.07, 6.45) is 5.07. The Hall–Kier alpha value is -1.69. The van der Waals surface area contributed by atoms with Crippen molar-refractivity contribution < 1.29 is 9.53 Å². The molecule has 6 nitrogen and oxygen atoms in total. The Balaban J connectivity index is 2.15. The molecule has 19 heavy (non-hydrogen) atoms. The second-order valence-electron chi connectivity index (χ2n) is 4.82. The summed E-state index contributed by atoms with van der Waals surface area (Å²) in [5, 5.41) is 0. The average Bonchev–Trinajstić information content (AvgIpc) is 2.47. The van der Waals surface area contributed by atoms with Crippen LogP contribution in [0.25, 0.3) is 0 Å². The highest BCUT2D eigenvalue weighted by Gasteiger charge is 2.26. The third kappa shape index (κ3) is 3.01. The third-order valence-corrected chi connectivity index (χ3v) is 3.66. The van der Waals surface area contributed by atoms with E-state index in [2.05, 4.69) is 26.5 Å². The zero-order valence-corrected chi connectivity index (χ0v) is 11.4. The number of rotatable bonds is 3. The van der Waals surface area contributed by atoms with Crippen LogP contribution in [0.2, 0.25) is 0 Å². The molecule has 1 fully saturated rings. The molecular formula is C13H20N4O2. The summed E-state index contributed by atoms with van der Waals surface area (Å²) in [7, 11) is 1.34. The van der Waals surface area contributed by atoms with Crippen molar-refractivity contribution in [3.63, 3.8) is 0 Å². The lowest BCUT2D eigenvalue weighted by Crippen LogP contribution is -2.47. The van der Waals surface area contributed by atoms with E-state index >= 15 is 0 Å². The van der Waals surface area contributed by atoms with Crippen LogP contribution < -0.4 is 10.6 Å². The van der Waals surface area contributed by atoms with E-state index in [1.54, 1.807) is 6.20 Å². The van der Waals surface area contributed by atoms with Crippen molar-refractivity contribution >= 4 is 11.8 Å². The summed E-state index contributed by atoms with van der Waals surface area (Å²) in [6, 6.07) is 0.248. The Morgan fingerprint density at radius 2 is 2.37 bits per heavy atom. The molecule has 2 heterocycles. The van der Waals surface area contributed by atoms with Crippen LogP contribution in [0.5, 0.6) is 0 Å². The van der Waals surface area contributed by atoms with E-state index in [0.29, 0.717) is 11.7 Å². The van der Waals surface area contributed by atoms with Gasteiger partial charge in [-0.15, -0.1) is 0 Å². The maximum Gasteiger partial charge on any atom is 0.358 e. The van der Waals surface area contributed by atoms with Gasteiger partial charge in [-0.05, 0) is 12.3 Å². The van der Waals surface area contributed by atoms with Gasteiger partial charge in [0.15, 0.2) is 5.69 Å². The zero-order chi connectivity index (χ0) is 13.8. The van der Waals surface area contributed by atoms with Crippen molar-refractivity contribution in [3.05, 3.63) is 18.1 Å². The summed E-state index contributed by atoms with van der Waals surface area (Å²) >= 11 is 0. The van der Waals surface area contributed by atoms with Gasteiger partial charge in [0.1, 0.15) is 5.82 Å². The number of carbonyl (C=O) groups is 1. The smallest absolute Gasteiger partial charge is 0.358 e. The van der Waals surface area contributed by atoms with Crippen molar-refractivity contribution in [3.8, 4) is 0 Å². The second kappa shape index (κ2) is 5.97. The Morgan fingerprint density at radius 1 is 1.58 bits per heavy atom. The summed E-state index contributed by atoms with van der Waals surface area (Å²) in [5.41, 5.74) is 6.33. The van der Waals surface area contributed by atoms with Crippen LogP contribution >= 0.6 is 0 Å². The van der Waals surface area contributed by atoms with Crippen LogP contribution in [0.15, 0.2) is 12.4 Å². The average molecular weight is 264 g/mol. The first kappa shape index (κ1) is 13.7. The fraction of sp³-hybridized carbons (Fsp3) is 0.615. The highest BCUT2D eigenvalue weighted by atomic mass is 16.5. The molecule has 0 bridgehead atoms. The monoisotopic (exact) mass is 264 g/mol. The van der Waals surface area contributed by atoms with Gasteiger partial charge in [-0.1, -0.05) is 13.3 Å². The molecule has 1 saturated heterocycles. The molecule has 0 radical (unpaired) electrons. The Bertz CT molecular complexity index is 452. The first-order chi connectivity index (χ1) is 9.15. The van der Waals surface area contributed by atoms with Crippen LogP contribution in [0, 0.1) is 5.92 Å². The summed E-state index contributed by atoms with van der Waals surface area (Å²) in [5.74, 6) is 0.709. The number of nitrogens with zero attached hydrogens (tertiary/aromatic N) is 3. The topological polar surface area (TPSA) is 81.3 Å². The lowest BCUT2D eigenvalue weighted by molar-refractivity contribution is 0.0593. The predicted molar refractivity (Wildman–Crippen MR) is 72.0 cm³/mol. The fourth-order valence-corrected chi connectivity index (χ4v) is 2.40. The predicted octanol–water partition coefficient (Wildman–Crippen LogP) is 0.827. The number of piperidine rings is 1. The molecule has 2 N–H and O–H groups in total. The number of esters is 1. The van der Waals surface area contributed by atoms with Gasteiger partial charge in [0.2, 0.25) is 0 Å². The molecule has 104 valence electrons. The van der Waals surface area contributed by atoms with E-state index < -0.39 is 5.97 Å². The first-order valence-electron chi connectivity index (χ1n) is 6.56.